The number of hydrogen-bond acceptors (Lipinski definition) is 3. The Bertz CT molecular complexity index is 409. The number of likely N-dealkylation sites (tertiary alicyclic amines) is 1. The zero-order valence-corrected chi connectivity index (χ0v) is 12.3. The van der Waals surface area contributed by atoms with Crippen molar-refractivity contribution in [3.8, 4) is 0 Å². The average Bonchev–Trinajstić information content (AvgIpc) is 2.88. The molecule has 3 rings (SSSR count). The molecule has 0 saturated carbocycles. The van der Waals surface area contributed by atoms with Crippen molar-refractivity contribution in [2.45, 2.75) is 70.2 Å². The molecule has 2 amide bonds. The van der Waals surface area contributed by atoms with Crippen molar-refractivity contribution in [1.29, 1.82) is 0 Å². The van der Waals surface area contributed by atoms with Gasteiger partial charge in [0, 0.05) is 31.1 Å². The lowest BCUT2D eigenvalue weighted by atomic mass is 9.97. The van der Waals surface area contributed by atoms with E-state index in [1.807, 2.05) is 23.6 Å². The number of rotatable bonds is 2. The zero-order chi connectivity index (χ0) is 14.4. The van der Waals surface area contributed by atoms with Gasteiger partial charge in [-0.05, 0) is 39.5 Å². The van der Waals surface area contributed by atoms with Gasteiger partial charge in [-0.1, -0.05) is 0 Å². The van der Waals surface area contributed by atoms with Crippen LogP contribution in [0.1, 0.15) is 46.0 Å². The summed E-state index contributed by atoms with van der Waals surface area (Å²) in [5.41, 5.74) is 0. The summed E-state index contributed by atoms with van der Waals surface area (Å²) in [6.07, 6.45) is 3.52. The fraction of sp³-hybridized carbons (Fsp3) is 0.867. The molecule has 0 radical (unpaired) electrons. The molecule has 112 valence electrons. The number of hydrogen-bond donors (Lipinski definition) is 1. The van der Waals surface area contributed by atoms with Crippen LogP contribution < -0.4 is 0 Å². The van der Waals surface area contributed by atoms with Gasteiger partial charge in [-0.25, -0.2) is 0 Å². The SMILES string of the molecule is CC(C)N1CC(C(=O)N2C3CCC2CC(O)C3)CC1=O. The van der Waals surface area contributed by atoms with Gasteiger partial charge in [-0.2, -0.15) is 0 Å². The van der Waals surface area contributed by atoms with Crippen molar-refractivity contribution in [3.63, 3.8) is 0 Å². The summed E-state index contributed by atoms with van der Waals surface area (Å²) in [4.78, 5) is 28.5. The number of carbonyl (C=O) groups excluding carboxylic acids is 2. The molecule has 3 aliphatic heterocycles. The molecule has 5 nitrogen and oxygen atoms in total. The minimum Gasteiger partial charge on any atom is -0.393 e. The number of nitrogens with zero attached hydrogens (tertiary/aromatic N) is 2. The molecule has 0 aromatic rings. The van der Waals surface area contributed by atoms with E-state index in [1.165, 1.54) is 0 Å². The van der Waals surface area contributed by atoms with Gasteiger partial charge in [0.2, 0.25) is 11.8 Å². The fourth-order valence-corrected chi connectivity index (χ4v) is 4.12. The molecule has 3 saturated heterocycles. The molecule has 3 heterocycles. The lowest BCUT2D eigenvalue weighted by Crippen LogP contribution is -2.50. The normalized spacial score (nSPS) is 37.1. The number of aliphatic hydroxyl groups is 1. The highest BCUT2D eigenvalue weighted by molar-refractivity contribution is 5.89. The number of fused-ring (bicyclic) bond motifs is 2. The summed E-state index contributed by atoms with van der Waals surface area (Å²) >= 11 is 0. The molecule has 3 atom stereocenters. The molecule has 5 heteroatoms. The van der Waals surface area contributed by atoms with Crippen molar-refractivity contribution in [3.05, 3.63) is 0 Å². The summed E-state index contributed by atoms with van der Waals surface area (Å²) < 4.78 is 0. The molecular weight excluding hydrogens is 256 g/mol. The van der Waals surface area contributed by atoms with Crippen LogP contribution in [0.15, 0.2) is 0 Å². The Hall–Kier alpha value is -1.10. The maximum Gasteiger partial charge on any atom is 0.228 e. The Morgan fingerprint density at radius 3 is 2.35 bits per heavy atom. The Balaban J connectivity index is 1.70. The van der Waals surface area contributed by atoms with Crippen molar-refractivity contribution in [2.75, 3.05) is 6.54 Å². The van der Waals surface area contributed by atoms with Crippen molar-refractivity contribution in [2.24, 2.45) is 5.92 Å². The monoisotopic (exact) mass is 280 g/mol. The van der Waals surface area contributed by atoms with E-state index < -0.39 is 0 Å². The predicted molar refractivity (Wildman–Crippen MR) is 73.9 cm³/mol. The predicted octanol–water partition coefficient (Wildman–Crippen LogP) is 0.758. The van der Waals surface area contributed by atoms with Crippen LogP contribution in [0.2, 0.25) is 0 Å². The second-order valence-corrected chi connectivity index (χ2v) is 6.80. The van der Waals surface area contributed by atoms with Crippen LogP contribution in [0, 0.1) is 5.92 Å². The fourth-order valence-electron chi connectivity index (χ4n) is 4.12. The van der Waals surface area contributed by atoms with Crippen LogP contribution in [0.25, 0.3) is 0 Å². The molecule has 0 aromatic heterocycles. The Morgan fingerprint density at radius 1 is 1.25 bits per heavy atom. The standard InChI is InChI=1S/C15H24N2O3/c1-9(2)16-8-10(5-14(16)19)15(20)17-11-3-4-12(17)7-13(18)6-11/h9-13,18H,3-8H2,1-2H3. The average molecular weight is 280 g/mol. The van der Waals surface area contributed by atoms with Crippen molar-refractivity contribution in [1.82, 2.24) is 9.80 Å². The van der Waals surface area contributed by atoms with Crippen LogP contribution in [0.3, 0.4) is 0 Å². The lowest BCUT2D eigenvalue weighted by Gasteiger charge is -2.38. The lowest BCUT2D eigenvalue weighted by molar-refractivity contribution is -0.141. The third-order valence-electron chi connectivity index (χ3n) is 5.09. The second kappa shape index (κ2) is 5.02. The van der Waals surface area contributed by atoms with Crippen LogP contribution in [0.5, 0.6) is 0 Å². The van der Waals surface area contributed by atoms with Crippen LogP contribution in [-0.4, -0.2) is 57.5 Å². The highest BCUT2D eigenvalue weighted by Gasteiger charge is 2.46. The van der Waals surface area contributed by atoms with Crippen molar-refractivity contribution < 1.29 is 14.7 Å². The van der Waals surface area contributed by atoms with E-state index in [0.717, 1.165) is 12.8 Å². The molecule has 0 aliphatic carbocycles. The Labute approximate surface area is 119 Å². The Morgan fingerprint density at radius 2 is 1.85 bits per heavy atom. The zero-order valence-electron chi connectivity index (χ0n) is 12.3. The summed E-state index contributed by atoms with van der Waals surface area (Å²) in [5.74, 6) is 0.0619. The molecule has 0 spiro atoms. The Kier molecular flexibility index (Phi) is 3.48. The largest absolute Gasteiger partial charge is 0.393 e. The number of piperidine rings is 1. The highest BCUT2D eigenvalue weighted by Crippen LogP contribution is 2.37. The first kappa shape index (κ1) is 13.9. The molecule has 20 heavy (non-hydrogen) atoms. The van der Waals surface area contributed by atoms with Gasteiger partial charge in [0.05, 0.1) is 12.0 Å². The van der Waals surface area contributed by atoms with Crippen LogP contribution in [0.4, 0.5) is 0 Å². The van der Waals surface area contributed by atoms with Gasteiger partial charge in [-0.3, -0.25) is 9.59 Å². The van der Waals surface area contributed by atoms with E-state index in [2.05, 4.69) is 0 Å². The van der Waals surface area contributed by atoms with Gasteiger partial charge in [-0.15, -0.1) is 0 Å². The van der Waals surface area contributed by atoms with E-state index >= 15 is 0 Å². The van der Waals surface area contributed by atoms with E-state index in [0.29, 0.717) is 25.8 Å². The van der Waals surface area contributed by atoms with Gasteiger partial charge in [0.1, 0.15) is 0 Å². The smallest absolute Gasteiger partial charge is 0.228 e. The third kappa shape index (κ3) is 2.22. The number of aliphatic hydroxyl groups excluding tert-OH is 1. The van der Waals surface area contributed by atoms with E-state index in [4.69, 9.17) is 0 Å². The molecular formula is C15H24N2O3. The minimum atomic E-state index is -0.256. The van der Waals surface area contributed by atoms with Gasteiger partial charge >= 0.3 is 0 Å². The first-order chi connectivity index (χ1) is 9.47. The number of carbonyl (C=O) groups is 2. The topological polar surface area (TPSA) is 60.9 Å². The van der Waals surface area contributed by atoms with E-state index in [9.17, 15) is 14.7 Å². The highest BCUT2D eigenvalue weighted by atomic mass is 16.3. The maximum atomic E-state index is 12.7. The summed E-state index contributed by atoms with van der Waals surface area (Å²) in [7, 11) is 0. The number of amides is 2. The molecule has 3 fully saturated rings. The molecule has 2 bridgehead atoms. The third-order valence-corrected chi connectivity index (χ3v) is 5.09. The maximum absolute atomic E-state index is 12.7. The second-order valence-electron chi connectivity index (χ2n) is 6.80. The van der Waals surface area contributed by atoms with Gasteiger partial charge in [0.15, 0.2) is 0 Å². The molecule has 3 aliphatic rings. The van der Waals surface area contributed by atoms with E-state index in [1.54, 1.807) is 0 Å². The summed E-state index contributed by atoms with van der Waals surface area (Å²) in [6, 6.07) is 0.555. The van der Waals surface area contributed by atoms with Crippen LogP contribution in [-0.2, 0) is 9.59 Å². The summed E-state index contributed by atoms with van der Waals surface area (Å²) in [6.45, 7) is 4.55. The summed E-state index contributed by atoms with van der Waals surface area (Å²) in [5, 5.41) is 9.81. The van der Waals surface area contributed by atoms with Gasteiger partial charge < -0.3 is 14.9 Å². The molecule has 1 N–H and O–H groups in total. The molecule has 0 aromatic carbocycles. The minimum absolute atomic E-state index is 0.0998. The van der Waals surface area contributed by atoms with E-state index in [-0.39, 0.29) is 42.0 Å². The van der Waals surface area contributed by atoms with Crippen LogP contribution >= 0.6 is 0 Å². The quantitative estimate of drug-likeness (QED) is 0.812. The van der Waals surface area contributed by atoms with Gasteiger partial charge in [0.25, 0.3) is 0 Å². The first-order valence-electron chi connectivity index (χ1n) is 7.77. The van der Waals surface area contributed by atoms with Crippen molar-refractivity contribution >= 4 is 11.8 Å². The molecule has 3 unspecified atom stereocenters. The first-order valence-corrected chi connectivity index (χ1v) is 7.77.